The fraction of sp³-hybridized carbons (Fsp3) is 0.280. The quantitative estimate of drug-likeness (QED) is 0.316. The molecule has 1 saturated heterocycles. The van der Waals surface area contributed by atoms with Gasteiger partial charge in [-0.05, 0) is 47.0 Å². The SMILES string of the molecule is COc1cc([C@@H]2c3c(O)cc(O)cc3[C@@H]3[C@H]2CO[C@H]3c2cc(O)c(O)c(O)c2)cc(OC)c1O. The molecule has 6 N–H and O–H groups in total. The van der Waals surface area contributed by atoms with Crippen molar-refractivity contribution in [1.82, 2.24) is 0 Å². The molecule has 34 heavy (non-hydrogen) atoms. The molecular formula is C25H24O9. The minimum Gasteiger partial charge on any atom is -0.508 e. The summed E-state index contributed by atoms with van der Waals surface area (Å²) >= 11 is 0. The van der Waals surface area contributed by atoms with E-state index in [4.69, 9.17) is 14.2 Å². The van der Waals surface area contributed by atoms with E-state index in [1.807, 2.05) is 0 Å². The van der Waals surface area contributed by atoms with Crippen molar-refractivity contribution in [3.8, 4) is 46.0 Å². The molecule has 1 aliphatic heterocycles. The van der Waals surface area contributed by atoms with Crippen LogP contribution in [-0.2, 0) is 4.74 Å². The molecule has 9 heteroatoms. The summed E-state index contributed by atoms with van der Waals surface area (Å²) in [7, 11) is 2.86. The maximum Gasteiger partial charge on any atom is 0.200 e. The molecule has 0 amide bonds. The highest BCUT2D eigenvalue weighted by Crippen LogP contribution is 2.62. The minimum atomic E-state index is -0.631. The van der Waals surface area contributed by atoms with Crippen molar-refractivity contribution < 1.29 is 44.8 Å². The molecule has 1 heterocycles. The van der Waals surface area contributed by atoms with Gasteiger partial charge in [-0.25, -0.2) is 0 Å². The predicted octanol–water partition coefficient (Wildman–Crippen LogP) is 3.55. The van der Waals surface area contributed by atoms with E-state index in [1.54, 1.807) is 18.2 Å². The van der Waals surface area contributed by atoms with Crippen molar-refractivity contribution in [2.75, 3.05) is 20.8 Å². The molecule has 5 rings (SSSR count). The van der Waals surface area contributed by atoms with Gasteiger partial charge in [-0.3, -0.25) is 0 Å². The molecule has 3 aromatic carbocycles. The Hall–Kier alpha value is -3.98. The van der Waals surface area contributed by atoms with Crippen molar-refractivity contribution in [2.24, 2.45) is 5.92 Å². The summed E-state index contributed by atoms with van der Waals surface area (Å²) in [6.45, 7) is 0.267. The third kappa shape index (κ3) is 3.12. The van der Waals surface area contributed by atoms with Gasteiger partial charge in [0, 0.05) is 29.4 Å². The number of ether oxygens (including phenoxy) is 3. The molecule has 3 aromatic rings. The minimum absolute atomic E-state index is 0.0874. The number of rotatable bonds is 4. The molecular weight excluding hydrogens is 444 g/mol. The molecule has 1 fully saturated rings. The van der Waals surface area contributed by atoms with E-state index in [0.717, 1.165) is 0 Å². The lowest BCUT2D eigenvalue weighted by Gasteiger charge is -2.22. The van der Waals surface area contributed by atoms with Crippen LogP contribution >= 0.6 is 0 Å². The number of hydrogen-bond acceptors (Lipinski definition) is 9. The van der Waals surface area contributed by atoms with Crippen LogP contribution in [0.15, 0.2) is 36.4 Å². The summed E-state index contributed by atoms with van der Waals surface area (Å²) in [5, 5.41) is 61.3. The Kier molecular flexibility index (Phi) is 5.02. The van der Waals surface area contributed by atoms with Crippen LogP contribution in [0.2, 0.25) is 0 Å². The van der Waals surface area contributed by atoms with Crippen LogP contribution in [0.3, 0.4) is 0 Å². The van der Waals surface area contributed by atoms with E-state index in [9.17, 15) is 30.6 Å². The zero-order valence-electron chi connectivity index (χ0n) is 18.4. The summed E-state index contributed by atoms with van der Waals surface area (Å²) in [6.07, 6.45) is -0.631. The Balaban J connectivity index is 1.69. The van der Waals surface area contributed by atoms with Crippen molar-refractivity contribution in [1.29, 1.82) is 0 Å². The van der Waals surface area contributed by atoms with Crippen molar-refractivity contribution in [2.45, 2.75) is 17.9 Å². The normalized spacial score (nSPS) is 22.9. The van der Waals surface area contributed by atoms with Gasteiger partial charge in [0.1, 0.15) is 11.5 Å². The van der Waals surface area contributed by atoms with Gasteiger partial charge in [0.2, 0.25) is 5.75 Å². The van der Waals surface area contributed by atoms with Gasteiger partial charge in [-0.15, -0.1) is 0 Å². The van der Waals surface area contributed by atoms with E-state index in [1.165, 1.54) is 32.4 Å². The first-order valence-corrected chi connectivity index (χ1v) is 10.6. The topological polar surface area (TPSA) is 149 Å². The summed E-state index contributed by atoms with van der Waals surface area (Å²) < 4.78 is 16.7. The molecule has 0 radical (unpaired) electrons. The highest BCUT2D eigenvalue weighted by Gasteiger charge is 2.52. The summed E-state index contributed by atoms with van der Waals surface area (Å²) in [5.41, 5.74) is 2.41. The van der Waals surface area contributed by atoms with Crippen LogP contribution in [-0.4, -0.2) is 51.5 Å². The lowest BCUT2D eigenvalue weighted by Crippen LogP contribution is -2.13. The first-order valence-electron chi connectivity index (χ1n) is 10.6. The highest BCUT2D eigenvalue weighted by molar-refractivity contribution is 5.62. The summed E-state index contributed by atoms with van der Waals surface area (Å²) in [4.78, 5) is 0. The Morgan fingerprint density at radius 2 is 1.35 bits per heavy atom. The number of aromatic hydroxyl groups is 6. The van der Waals surface area contributed by atoms with Crippen molar-refractivity contribution in [3.63, 3.8) is 0 Å². The van der Waals surface area contributed by atoms with E-state index < -0.39 is 29.3 Å². The second kappa shape index (κ2) is 7.81. The van der Waals surface area contributed by atoms with Gasteiger partial charge in [0.15, 0.2) is 28.7 Å². The predicted molar refractivity (Wildman–Crippen MR) is 119 cm³/mol. The molecule has 0 aromatic heterocycles. The second-order valence-electron chi connectivity index (χ2n) is 8.57. The smallest absolute Gasteiger partial charge is 0.200 e. The van der Waals surface area contributed by atoms with Gasteiger partial charge in [-0.2, -0.15) is 0 Å². The van der Waals surface area contributed by atoms with Crippen LogP contribution in [0.5, 0.6) is 46.0 Å². The molecule has 0 unspecified atom stereocenters. The number of methoxy groups -OCH3 is 2. The van der Waals surface area contributed by atoms with Gasteiger partial charge < -0.3 is 44.8 Å². The summed E-state index contributed by atoms with van der Waals surface area (Å²) in [6, 6.07) is 8.84. The molecule has 2 aliphatic rings. The monoisotopic (exact) mass is 468 g/mol. The maximum absolute atomic E-state index is 10.9. The highest BCUT2D eigenvalue weighted by atomic mass is 16.5. The number of fused-ring (bicyclic) bond motifs is 3. The zero-order chi connectivity index (χ0) is 24.3. The zero-order valence-corrected chi connectivity index (χ0v) is 18.4. The van der Waals surface area contributed by atoms with E-state index in [2.05, 4.69) is 0 Å². The average Bonchev–Trinajstić information content (AvgIpc) is 3.36. The molecule has 9 nitrogen and oxygen atoms in total. The number of hydrogen-bond donors (Lipinski definition) is 6. The molecule has 0 saturated carbocycles. The first-order chi connectivity index (χ1) is 16.2. The fourth-order valence-electron chi connectivity index (χ4n) is 5.42. The lowest BCUT2D eigenvalue weighted by atomic mass is 9.81. The van der Waals surface area contributed by atoms with Gasteiger partial charge in [0.25, 0.3) is 0 Å². The van der Waals surface area contributed by atoms with Gasteiger partial charge in [-0.1, -0.05) is 0 Å². The molecule has 4 atom stereocenters. The van der Waals surface area contributed by atoms with Crippen LogP contribution < -0.4 is 9.47 Å². The van der Waals surface area contributed by atoms with E-state index >= 15 is 0 Å². The Labute approximate surface area is 194 Å². The average molecular weight is 468 g/mol. The maximum atomic E-state index is 10.9. The summed E-state index contributed by atoms with van der Waals surface area (Å²) in [5.74, 6) is -2.47. The Morgan fingerprint density at radius 1 is 0.735 bits per heavy atom. The number of phenols is 6. The van der Waals surface area contributed by atoms with Gasteiger partial charge in [0.05, 0.1) is 26.9 Å². The van der Waals surface area contributed by atoms with Crippen LogP contribution in [0.1, 0.15) is 40.2 Å². The standard InChI is InChI=1S/C25H24O9/c1-32-18-5-10(6-19(33-2)24(18)31)20-14-9-34-25(11-3-16(28)23(30)17(29)4-11)21(14)13-7-12(26)8-15(27)22(13)20/h3-8,14,20-21,25-31H,9H2,1-2H3/t14-,20-,21+,25-/m0/s1. The van der Waals surface area contributed by atoms with Crippen molar-refractivity contribution >= 4 is 0 Å². The first kappa shape index (κ1) is 21.8. The molecule has 178 valence electrons. The Morgan fingerprint density at radius 3 is 1.94 bits per heavy atom. The molecule has 0 bridgehead atoms. The van der Waals surface area contributed by atoms with Gasteiger partial charge >= 0.3 is 0 Å². The number of benzene rings is 3. The van der Waals surface area contributed by atoms with E-state index in [-0.39, 0.29) is 47.2 Å². The fourth-order valence-corrected chi connectivity index (χ4v) is 5.42. The van der Waals surface area contributed by atoms with Crippen LogP contribution in [0, 0.1) is 5.92 Å². The van der Waals surface area contributed by atoms with E-state index in [0.29, 0.717) is 22.3 Å². The molecule has 1 aliphatic carbocycles. The Bertz CT molecular complexity index is 1240. The number of phenolic OH excluding ortho intramolecular Hbond substituents is 6. The second-order valence-corrected chi connectivity index (χ2v) is 8.57. The molecule has 0 spiro atoms. The lowest BCUT2D eigenvalue weighted by molar-refractivity contribution is 0.0986. The third-order valence-corrected chi connectivity index (χ3v) is 6.81. The van der Waals surface area contributed by atoms with Crippen LogP contribution in [0.4, 0.5) is 0 Å². The van der Waals surface area contributed by atoms with Crippen molar-refractivity contribution in [3.05, 3.63) is 58.7 Å². The largest absolute Gasteiger partial charge is 0.508 e. The van der Waals surface area contributed by atoms with Crippen LogP contribution in [0.25, 0.3) is 0 Å². The third-order valence-electron chi connectivity index (χ3n) is 6.81.